The molecule has 0 unspecified atom stereocenters. The number of anilines is 1. The maximum absolute atomic E-state index is 12.6. The van der Waals surface area contributed by atoms with Crippen LogP contribution in [-0.4, -0.2) is 43.0 Å². The number of rotatable bonds is 7. The number of nitrogens with zero attached hydrogens (tertiary/aromatic N) is 2. The Kier molecular flexibility index (Phi) is 6.32. The second-order valence-electron chi connectivity index (χ2n) is 6.17. The van der Waals surface area contributed by atoms with Crippen LogP contribution in [0.1, 0.15) is 22.7 Å². The standard InChI is InChI=1S/C19H26N4O/c1-14-7-5-9-16(13-14)17(23(3)4)19(24)22-12-11-21-18-15(2)8-6-10-20-18/h5-10,13,17H,11-12H2,1-4H3,(H,20,21)(H,22,24)/t17-/m0/s1. The molecular weight excluding hydrogens is 300 g/mol. The predicted molar refractivity (Wildman–Crippen MR) is 98.1 cm³/mol. The number of likely N-dealkylation sites (N-methyl/N-ethyl adjacent to an activating group) is 1. The van der Waals surface area contributed by atoms with E-state index in [0.29, 0.717) is 13.1 Å². The van der Waals surface area contributed by atoms with E-state index in [1.54, 1.807) is 6.20 Å². The van der Waals surface area contributed by atoms with Gasteiger partial charge >= 0.3 is 0 Å². The number of pyridine rings is 1. The van der Waals surface area contributed by atoms with Gasteiger partial charge in [-0.1, -0.05) is 35.9 Å². The summed E-state index contributed by atoms with van der Waals surface area (Å²) >= 11 is 0. The van der Waals surface area contributed by atoms with Gasteiger partial charge in [0.25, 0.3) is 0 Å². The Morgan fingerprint density at radius 3 is 2.62 bits per heavy atom. The van der Waals surface area contributed by atoms with Gasteiger partial charge in [-0.3, -0.25) is 9.69 Å². The maximum Gasteiger partial charge on any atom is 0.242 e. The van der Waals surface area contributed by atoms with E-state index in [4.69, 9.17) is 0 Å². The molecular formula is C19H26N4O. The first-order valence-corrected chi connectivity index (χ1v) is 8.15. The molecule has 0 saturated carbocycles. The lowest BCUT2D eigenvalue weighted by Gasteiger charge is -2.24. The highest BCUT2D eigenvalue weighted by Gasteiger charge is 2.22. The van der Waals surface area contributed by atoms with Crippen molar-refractivity contribution >= 4 is 11.7 Å². The predicted octanol–water partition coefficient (Wildman–Crippen LogP) is 2.53. The zero-order chi connectivity index (χ0) is 17.5. The minimum absolute atomic E-state index is 0.00476. The van der Waals surface area contributed by atoms with Crippen LogP contribution < -0.4 is 10.6 Å². The average Bonchev–Trinajstić information content (AvgIpc) is 2.53. The zero-order valence-electron chi connectivity index (χ0n) is 14.8. The Bertz CT molecular complexity index is 685. The van der Waals surface area contributed by atoms with Crippen molar-refractivity contribution in [1.82, 2.24) is 15.2 Å². The van der Waals surface area contributed by atoms with Crippen molar-refractivity contribution in [2.75, 3.05) is 32.5 Å². The van der Waals surface area contributed by atoms with E-state index in [9.17, 15) is 4.79 Å². The van der Waals surface area contributed by atoms with E-state index in [0.717, 1.165) is 22.5 Å². The van der Waals surface area contributed by atoms with Crippen molar-refractivity contribution in [2.24, 2.45) is 0 Å². The molecule has 0 aliphatic rings. The van der Waals surface area contributed by atoms with Gasteiger partial charge in [0.05, 0.1) is 0 Å². The third kappa shape index (κ3) is 4.80. The molecule has 24 heavy (non-hydrogen) atoms. The van der Waals surface area contributed by atoms with Crippen molar-refractivity contribution in [2.45, 2.75) is 19.9 Å². The summed E-state index contributed by atoms with van der Waals surface area (Å²) in [6.07, 6.45) is 1.76. The lowest BCUT2D eigenvalue weighted by Crippen LogP contribution is -2.39. The number of nitrogens with one attached hydrogen (secondary N) is 2. The molecule has 0 aliphatic carbocycles. The number of carbonyl (C=O) groups excluding carboxylic acids is 1. The molecule has 1 heterocycles. The van der Waals surface area contributed by atoms with Gasteiger partial charge in [-0.25, -0.2) is 4.98 Å². The highest BCUT2D eigenvalue weighted by molar-refractivity contribution is 5.83. The zero-order valence-corrected chi connectivity index (χ0v) is 14.8. The molecule has 2 rings (SSSR count). The number of aryl methyl sites for hydroxylation is 2. The Hall–Kier alpha value is -2.40. The van der Waals surface area contributed by atoms with Crippen LogP contribution in [0.15, 0.2) is 42.6 Å². The molecule has 1 amide bonds. The number of hydrogen-bond acceptors (Lipinski definition) is 4. The minimum Gasteiger partial charge on any atom is -0.368 e. The summed E-state index contributed by atoms with van der Waals surface area (Å²) in [7, 11) is 3.84. The minimum atomic E-state index is -0.290. The van der Waals surface area contributed by atoms with Crippen LogP contribution in [0.25, 0.3) is 0 Å². The third-order valence-electron chi connectivity index (χ3n) is 3.85. The summed E-state index contributed by atoms with van der Waals surface area (Å²) in [6.45, 7) is 5.23. The molecule has 2 aromatic rings. The Morgan fingerprint density at radius 1 is 1.17 bits per heavy atom. The van der Waals surface area contributed by atoms with E-state index in [2.05, 4.69) is 21.7 Å². The molecule has 5 heteroatoms. The first kappa shape index (κ1) is 17.9. The molecule has 0 aliphatic heterocycles. The summed E-state index contributed by atoms with van der Waals surface area (Å²) in [5, 5.41) is 6.25. The molecule has 1 aromatic heterocycles. The number of benzene rings is 1. The Morgan fingerprint density at radius 2 is 1.96 bits per heavy atom. The maximum atomic E-state index is 12.6. The van der Waals surface area contributed by atoms with Crippen molar-refractivity contribution in [1.29, 1.82) is 0 Å². The van der Waals surface area contributed by atoms with Gasteiger partial charge in [0.15, 0.2) is 0 Å². The van der Waals surface area contributed by atoms with Gasteiger partial charge in [-0.05, 0) is 45.1 Å². The Balaban J connectivity index is 1.91. The van der Waals surface area contributed by atoms with Crippen molar-refractivity contribution < 1.29 is 4.79 Å². The normalized spacial score (nSPS) is 12.0. The lowest BCUT2D eigenvalue weighted by molar-refractivity contribution is -0.125. The average molecular weight is 326 g/mol. The second-order valence-corrected chi connectivity index (χ2v) is 6.17. The first-order chi connectivity index (χ1) is 11.5. The molecule has 0 fully saturated rings. The van der Waals surface area contributed by atoms with Crippen molar-refractivity contribution in [3.8, 4) is 0 Å². The highest BCUT2D eigenvalue weighted by atomic mass is 16.2. The molecule has 0 spiro atoms. The van der Waals surface area contributed by atoms with Crippen LogP contribution in [0.3, 0.4) is 0 Å². The smallest absolute Gasteiger partial charge is 0.242 e. The first-order valence-electron chi connectivity index (χ1n) is 8.15. The number of amides is 1. The van der Waals surface area contributed by atoms with Gasteiger partial charge in [-0.2, -0.15) is 0 Å². The van der Waals surface area contributed by atoms with Gasteiger partial charge in [0.1, 0.15) is 11.9 Å². The topological polar surface area (TPSA) is 57.3 Å². The van der Waals surface area contributed by atoms with Crippen LogP contribution in [0.4, 0.5) is 5.82 Å². The van der Waals surface area contributed by atoms with Gasteiger partial charge in [0.2, 0.25) is 5.91 Å². The van der Waals surface area contributed by atoms with E-state index >= 15 is 0 Å². The fourth-order valence-electron chi connectivity index (χ4n) is 2.66. The summed E-state index contributed by atoms with van der Waals surface area (Å²) in [5.74, 6) is 0.861. The molecule has 0 bridgehead atoms. The third-order valence-corrected chi connectivity index (χ3v) is 3.85. The van der Waals surface area contributed by atoms with Crippen LogP contribution in [0.5, 0.6) is 0 Å². The van der Waals surface area contributed by atoms with Crippen LogP contribution >= 0.6 is 0 Å². The van der Waals surface area contributed by atoms with Gasteiger partial charge < -0.3 is 10.6 Å². The summed E-state index contributed by atoms with van der Waals surface area (Å²) in [5.41, 5.74) is 3.25. The largest absolute Gasteiger partial charge is 0.368 e. The molecule has 2 N–H and O–H groups in total. The number of carbonyl (C=O) groups is 1. The van der Waals surface area contributed by atoms with E-state index in [1.807, 2.05) is 63.2 Å². The van der Waals surface area contributed by atoms with Crippen LogP contribution in [0, 0.1) is 13.8 Å². The van der Waals surface area contributed by atoms with Crippen LogP contribution in [-0.2, 0) is 4.79 Å². The summed E-state index contributed by atoms with van der Waals surface area (Å²) in [6, 6.07) is 11.7. The SMILES string of the molecule is Cc1cccc([C@@H](C(=O)NCCNc2ncccc2C)N(C)C)c1. The summed E-state index contributed by atoms with van der Waals surface area (Å²) in [4.78, 5) is 18.8. The fourth-order valence-corrected chi connectivity index (χ4v) is 2.66. The van der Waals surface area contributed by atoms with Crippen LogP contribution in [0.2, 0.25) is 0 Å². The molecule has 0 radical (unpaired) electrons. The van der Waals surface area contributed by atoms with E-state index in [-0.39, 0.29) is 11.9 Å². The highest BCUT2D eigenvalue weighted by Crippen LogP contribution is 2.19. The molecule has 0 saturated heterocycles. The van der Waals surface area contributed by atoms with E-state index in [1.165, 1.54) is 0 Å². The Labute approximate surface area is 144 Å². The van der Waals surface area contributed by atoms with Gasteiger partial charge in [-0.15, -0.1) is 0 Å². The monoisotopic (exact) mass is 326 g/mol. The quantitative estimate of drug-likeness (QED) is 0.768. The molecule has 128 valence electrons. The number of aromatic nitrogens is 1. The molecule has 1 atom stereocenters. The molecule has 5 nitrogen and oxygen atoms in total. The van der Waals surface area contributed by atoms with Gasteiger partial charge in [0, 0.05) is 19.3 Å². The molecule has 1 aromatic carbocycles. The number of hydrogen-bond donors (Lipinski definition) is 2. The fraction of sp³-hybridized carbons (Fsp3) is 0.368. The van der Waals surface area contributed by atoms with E-state index < -0.39 is 0 Å². The lowest BCUT2D eigenvalue weighted by atomic mass is 10.0. The van der Waals surface area contributed by atoms with Crippen molar-refractivity contribution in [3.05, 3.63) is 59.3 Å². The summed E-state index contributed by atoms with van der Waals surface area (Å²) < 4.78 is 0. The van der Waals surface area contributed by atoms with Crippen molar-refractivity contribution in [3.63, 3.8) is 0 Å². The second kappa shape index (κ2) is 8.45.